The van der Waals surface area contributed by atoms with Gasteiger partial charge in [0.1, 0.15) is 12.6 Å². The molecule has 0 radical (unpaired) electrons. The number of nitrogens with one attached hydrogen (secondary N) is 1. The molecule has 2 rings (SSSR count). The second-order valence-corrected chi connectivity index (χ2v) is 11.2. The Morgan fingerprint density at radius 3 is 2.20 bits per heavy atom. The van der Waals surface area contributed by atoms with E-state index in [2.05, 4.69) is 5.32 Å². The van der Waals surface area contributed by atoms with Gasteiger partial charge >= 0.3 is 0 Å². The summed E-state index contributed by atoms with van der Waals surface area (Å²) in [5, 5.41) is 3.65. The molecule has 1 unspecified atom stereocenters. The molecule has 35 heavy (non-hydrogen) atoms. The molecular formula is C25H33Cl2N3O4S. The highest BCUT2D eigenvalue weighted by Crippen LogP contribution is 2.28. The van der Waals surface area contributed by atoms with Crippen molar-refractivity contribution in [3.05, 3.63) is 63.1 Å². The molecule has 0 heterocycles. The zero-order chi connectivity index (χ0) is 26.3. The number of hydrogen-bond donors (Lipinski definition) is 1. The van der Waals surface area contributed by atoms with Gasteiger partial charge < -0.3 is 10.2 Å². The van der Waals surface area contributed by atoms with Gasteiger partial charge in [-0.25, -0.2) is 8.42 Å². The van der Waals surface area contributed by atoms with E-state index in [0.29, 0.717) is 34.3 Å². The molecule has 192 valence electrons. The lowest BCUT2D eigenvalue weighted by Crippen LogP contribution is -2.52. The van der Waals surface area contributed by atoms with Gasteiger partial charge in [-0.1, -0.05) is 61.3 Å². The lowest BCUT2D eigenvalue weighted by atomic mass is 10.1. The van der Waals surface area contributed by atoms with Crippen LogP contribution in [0.4, 0.5) is 5.69 Å². The number of carbonyl (C=O) groups is 2. The van der Waals surface area contributed by atoms with Crippen molar-refractivity contribution >= 4 is 50.7 Å². The minimum Gasteiger partial charge on any atom is -0.354 e. The summed E-state index contributed by atoms with van der Waals surface area (Å²) in [7, 11) is -3.80. The van der Waals surface area contributed by atoms with Crippen LogP contribution < -0.4 is 9.62 Å². The molecule has 0 aromatic heterocycles. The molecule has 0 aliphatic carbocycles. The van der Waals surface area contributed by atoms with Crippen molar-refractivity contribution in [2.24, 2.45) is 0 Å². The number of rotatable bonds is 11. The maximum Gasteiger partial charge on any atom is 0.244 e. The SMILES string of the molecule is CCCNC(=O)C(CC)N(Cc1ccc(Cl)cc1Cl)C(=O)CN(c1c(C)cccc1C)S(C)(=O)=O. The molecule has 7 nitrogen and oxygen atoms in total. The minimum absolute atomic E-state index is 0.0250. The molecule has 0 aliphatic rings. The van der Waals surface area contributed by atoms with E-state index >= 15 is 0 Å². The average molecular weight is 543 g/mol. The fraction of sp³-hybridized carbons (Fsp3) is 0.440. The summed E-state index contributed by atoms with van der Waals surface area (Å²) < 4.78 is 26.7. The molecule has 2 aromatic rings. The molecule has 0 saturated heterocycles. The molecule has 2 amide bonds. The highest BCUT2D eigenvalue weighted by Gasteiger charge is 2.32. The van der Waals surface area contributed by atoms with E-state index in [1.165, 1.54) is 4.90 Å². The van der Waals surface area contributed by atoms with Gasteiger partial charge in [0.2, 0.25) is 21.8 Å². The first kappa shape index (κ1) is 28.9. The monoisotopic (exact) mass is 541 g/mol. The Balaban J connectivity index is 2.52. The first-order valence-electron chi connectivity index (χ1n) is 11.5. The van der Waals surface area contributed by atoms with Gasteiger partial charge in [0.15, 0.2) is 0 Å². The van der Waals surface area contributed by atoms with Crippen LogP contribution in [-0.4, -0.2) is 50.5 Å². The van der Waals surface area contributed by atoms with Crippen molar-refractivity contribution in [3.8, 4) is 0 Å². The Kier molecular flexibility index (Phi) is 10.4. The standard InChI is InChI=1S/C25H33Cl2N3O4S/c1-6-13-28-25(32)22(7-2)29(15-19-11-12-20(26)14-21(19)27)23(31)16-30(35(5,33)34)24-17(3)9-8-10-18(24)4/h8-12,14,22H,6-7,13,15-16H2,1-5H3,(H,28,32). The minimum atomic E-state index is -3.80. The molecule has 0 fully saturated rings. The summed E-state index contributed by atoms with van der Waals surface area (Å²) in [4.78, 5) is 28.1. The van der Waals surface area contributed by atoms with Gasteiger partial charge in [0.25, 0.3) is 0 Å². The van der Waals surface area contributed by atoms with Gasteiger partial charge in [0, 0.05) is 23.1 Å². The van der Waals surface area contributed by atoms with E-state index in [-0.39, 0.29) is 12.5 Å². The summed E-state index contributed by atoms with van der Waals surface area (Å²) in [5.74, 6) is -0.812. The van der Waals surface area contributed by atoms with Crippen LogP contribution in [0.1, 0.15) is 43.4 Å². The summed E-state index contributed by atoms with van der Waals surface area (Å²) in [5.41, 5.74) is 2.51. The summed E-state index contributed by atoms with van der Waals surface area (Å²) >= 11 is 12.4. The number of amides is 2. The van der Waals surface area contributed by atoms with Gasteiger partial charge in [-0.05, 0) is 55.5 Å². The van der Waals surface area contributed by atoms with Crippen LogP contribution in [0.2, 0.25) is 10.0 Å². The Labute approximate surface area is 218 Å². The average Bonchev–Trinajstić information content (AvgIpc) is 2.77. The van der Waals surface area contributed by atoms with Crippen molar-refractivity contribution in [1.29, 1.82) is 0 Å². The van der Waals surface area contributed by atoms with E-state index in [4.69, 9.17) is 23.2 Å². The number of hydrogen-bond acceptors (Lipinski definition) is 4. The Hall–Kier alpha value is -2.29. The van der Waals surface area contributed by atoms with Gasteiger partial charge in [0.05, 0.1) is 11.9 Å². The van der Waals surface area contributed by atoms with Crippen LogP contribution in [0, 0.1) is 13.8 Å². The fourth-order valence-electron chi connectivity index (χ4n) is 3.89. The van der Waals surface area contributed by atoms with Crippen LogP contribution in [-0.2, 0) is 26.2 Å². The zero-order valence-electron chi connectivity index (χ0n) is 20.8. The van der Waals surface area contributed by atoms with Crippen molar-refractivity contribution in [1.82, 2.24) is 10.2 Å². The Morgan fingerprint density at radius 1 is 1.06 bits per heavy atom. The Morgan fingerprint density at radius 2 is 1.69 bits per heavy atom. The third-order valence-electron chi connectivity index (χ3n) is 5.66. The largest absolute Gasteiger partial charge is 0.354 e. The predicted molar refractivity (Wildman–Crippen MR) is 142 cm³/mol. The first-order valence-corrected chi connectivity index (χ1v) is 14.1. The summed E-state index contributed by atoms with van der Waals surface area (Å²) in [6.45, 7) is 7.37. The van der Waals surface area contributed by atoms with Crippen LogP contribution in [0.3, 0.4) is 0 Å². The van der Waals surface area contributed by atoms with Crippen LogP contribution in [0.15, 0.2) is 36.4 Å². The molecular weight excluding hydrogens is 509 g/mol. The van der Waals surface area contributed by atoms with E-state index in [1.54, 1.807) is 51.1 Å². The fourth-order valence-corrected chi connectivity index (χ4v) is 5.33. The van der Waals surface area contributed by atoms with Crippen molar-refractivity contribution < 1.29 is 18.0 Å². The number of carbonyl (C=O) groups excluding carboxylic acids is 2. The number of para-hydroxylation sites is 1. The van der Waals surface area contributed by atoms with E-state index < -0.39 is 28.5 Å². The topological polar surface area (TPSA) is 86.8 Å². The second-order valence-electron chi connectivity index (χ2n) is 8.48. The van der Waals surface area contributed by atoms with Gasteiger partial charge in [-0.15, -0.1) is 0 Å². The quantitative estimate of drug-likeness (QED) is 0.446. The van der Waals surface area contributed by atoms with Crippen LogP contribution >= 0.6 is 23.2 Å². The van der Waals surface area contributed by atoms with E-state index in [9.17, 15) is 18.0 Å². The second kappa shape index (κ2) is 12.6. The van der Waals surface area contributed by atoms with Crippen LogP contribution in [0.5, 0.6) is 0 Å². The Bertz CT molecular complexity index is 1150. The highest BCUT2D eigenvalue weighted by atomic mass is 35.5. The molecule has 1 atom stereocenters. The molecule has 10 heteroatoms. The van der Waals surface area contributed by atoms with Crippen molar-refractivity contribution in [3.63, 3.8) is 0 Å². The smallest absolute Gasteiger partial charge is 0.244 e. The first-order chi connectivity index (χ1) is 16.4. The number of benzene rings is 2. The molecule has 0 saturated carbocycles. The van der Waals surface area contributed by atoms with Crippen LogP contribution in [0.25, 0.3) is 0 Å². The lowest BCUT2D eigenvalue weighted by Gasteiger charge is -2.33. The number of nitrogens with zero attached hydrogens (tertiary/aromatic N) is 2. The normalized spacial score (nSPS) is 12.2. The van der Waals surface area contributed by atoms with Gasteiger partial charge in [-0.2, -0.15) is 0 Å². The molecule has 0 spiro atoms. The maximum absolute atomic E-state index is 13.7. The number of aryl methyl sites for hydroxylation is 2. The molecule has 2 aromatic carbocycles. The predicted octanol–water partition coefficient (Wildman–Crippen LogP) is 4.71. The summed E-state index contributed by atoms with van der Waals surface area (Å²) in [6.07, 6.45) is 2.15. The summed E-state index contributed by atoms with van der Waals surface area (Å²) in [6, 6.07) is 9.53. The van der Waals surface area contributed by atoms with Crippen molar-refractivity contribution in [2.45, 2.75) is 53.1 Å². The molecule has 1 N–H and O–H groups in total. The number of sulfonamides is 1. The highest BCUT2D eigenvalue weighted by molar-refractivity contribution is 7.92. The van der Waals surface area contributed by atoms with E-state index in [0.717, 1.165) is 28.1 Å². The number of halogens is 2. The third-order valence-corrected chi connectivity index (χ3v) is 7.36. The van der Waals surface area contributed by atoms with E-state index in [1.807, 2.05) is 13.0 Å². The molecule has 0 aliphatic heterocycles. The maximum atomic E-state index is 13.7. The zero-order valence-corrected chi connectivity index (χ0v) is 23.1. The van der Waals surface area contributed by atoms with Gasteiger partial charge in [-0.3, -0.25) is 13.9 Å². The third kappa shape index (κ3) is 7.59. The number of anilines is 1. The van der Waals surface area contributed by atoms with Crippen molar-refractivity contribution in [2.75, 3.05) is 23.7 Å². The molecule has 0 bridgehead atoms. The lowest BCUT2D eigenvalue weighted by molar-refractivity contribution is -0.140.